The zero-order chi connectivity index (χ0) is 29.4. The monoisotopic (exact) mass is 585 g/mol. The minimum absolute atomic E-state index is 0.154. The number of cyclic esters (lactones) is 1. The number of ether oxygens (including phenoxy) is 4. The molecule has 0 bridgehead atoms. The molecule has 220 valence electrons. The number of fused-ring (bicyclic) bond motifs is 1. The predicted molar refractivity (Wildman–Crippen MR) is 153 cm³/mol. The lowest BCUT2D eigenvalue weighted by molar-refractivity contribution is -0.150. The van der Waals surface area contributed by atoms with Gasteiger partial charge >= 0.3 is 19.5 Å². The molecular weight excluding hydrogens is 541 g/mol. The molecule has 12 heteroatoms. The number of allylic oxidation sites excluding steroid dienone is 1. The summed E-state index contributed by atoms with van der Waals surface area (Å²) in [5, 5.41) is 3.13. The van der Waals surface area contributed by atoms with Gasteiger partial charge < -0.3 is 29.2 Å². The first-order chi connectivity index (χ1) is 18.2. The van der Waals surface area contributed by atoms with Gasteiger partial charge in [-0.1, -0.05) is 31.3 Å². The van der Waals surface area contributed by atoms with E-state index in [0.717, 1.165) is 28.3 Å². The van der Waals surface area contributed by atoms with Crippen LogP contribution in [0.4, 0.5) is 0 Å². The van der Waals surface area contributed by atoms with E-state index in [2.05, 4.69) is 25.0 Å². The van der Waals surface area contributed by atoms with Gasteiger partial charge in [0.15, 0.2) is 6.10 Å². The fourth-order valence-electron chi connectivity index (χ4n) is 4.09. The Balaban J connectivity index is 2.10. The van der Waals surface area contributed by atoms with Crippen molar-refractivity contribution >= 4 is 27.6 Å². The molecule has 0 radical (unpaired) electrons. The molecule has 2 N–H and O–H groups in total. The van der Waals surface area contributed by atoms with Crippen LogP contribution in [0.15, 0.2) is 11.6 Å². The number of hydrogen-bond donors (Lipinski definition) is 2. The first kappa shape index (κ1) is 33.0. The van der Waals surface area contributed by atoms with Crippen molar-refractivity contribution in [3.05, 3.63) is 33.9 Å². The molecule has 0 amide bonds. The van der Waals surface area contributed by atoms with Crippen molar-refractivity contribution < 1.29 is 42.5 Å². The quantitative estimate of drug-likeness (QED) is 0.0932. The average molecular weight is 586 g/mol. The highest BCUT2D eigenvalue weighted by atomic mass is 31.2. The van der Waals surface area contributed by atoms with Crippen LogP contribution in [0, 0.1) is 6.92 Å². The maximum Gasteiger partial charge on any atom is 0.342 e. The number of hydrogen-bond acceptors (Lipinski definition) is 9. The van der Waals surface area contributed by atoms with Gasteiger partial charge in [-0.2, -0.15) is 0 Å². The molecule has 2 rings (SSSR count). The van der Waals surface area contributed by atoms with Gasteiger partial charge in [0.2, 0.25) is 0 Å². The van der Waals surface area contributed by atoms with E-state index in [4.69, 9.17) is 23.5 Å². The topological polar surface area (TPSA) is 130 Å². The van der Waals surface area contributed by atoms with Gasteiger partial charge in [0.25, 0.3) is 0 Å². The van der Waals surface area contributed by atoms with Gasteiger partial charge in [0.1, 0.15) is 23.7 Å². The van der Waals surface area contributed by atoms with E-state index in [1.54, 1.807) is 14.0 Å². The van der Waals surface area contributed by atoms with Gasteiger partial charge in [0.05, 0.1) is 26.5 Å². The van der Waals surface area contributed by atoms with Gasteiger partial charge in [-0.25, -0.2) is 9.59 Å². The Bertz CT molecular complexity index is 1110. The second-order valence-electron chi connectivity index (χ2n) is 10.8. The molecular formula is C27H44NO9PSi. The van der Waals surface area contributed by atoms with Crippen molar-refractivity contribution in [3.8, 4) is 11.5 Å². The second kappa shape index (κ2) is 14.5. The van der Waals surface area contributed by atoms with Crippen LogP contribution in [0.1, 0.15) is 47.8 Å². The standard InChI is InChI=1S/C27H44NO9PSi/c1-9-34-26(29)20(4)37-38(31,32)14-12-28-16-18(2)10-11-21-24(33-5)19(3)22-17-36-27(30)23(22)25(21)35-13-15-39(6,7)8/h10,20,28H,9,11-17H2,1-8H3,(H,31,32)/b18-10+. The van der Waals surface area contributed by atoms with Crippen molar-refractivity contribution in [2.75, 3.05) is 39.6 Å². The Labute approximate surface area is 232 Å². The number of carbonyl (C=O) groups excluding carboxylic acids is 2. The molecule has 0 fully saturated rings. The van der Waals surface area contributed by atoms with E-state index >= 15 is 0 Å². The van der Waals surface area contributed by atoms with Crippen LogP contribution < -0.4 is 14.8 Å². The highest BCUT2D eigenvalue weighted by Crippen LogP contribution is 2.44. The summed E-state index contributed by atoms with van der Waals surface area (Å²) >= 11 is 0. The van der Waals surface area contributed by atoms with Gasteiger partial charge in [-0.3, -0.25) is 9.09 Å². The largest absolute Gasteiger partial charge is 0.496 e. The number of rotatable bonds is 16. The summed E-state index contributed by atoms with van der Waals surface area (Å²) in [6.07, 6.45) is 1.21. The summed E-state index contributed by atoms with van der Waals surface area (Å²) in [6.45, 7) is 15.3. The van der Waals surface area contributed by atoms with Crippen molar-refractivity contribution in [1.82, 2.24) is 5.32 Å². The molecule has 0 saturated carbocycles. The van der Waals surface area contributed by atoms with Crippen LogP contribution in [-0.4, -0.2) is 70.6 Å². The molecule has 39 heavy (non-hydrogen) atoms. The Morgan fingerprint density at radius 3 is 2.59 bits per heavy atom. The van der Waals surface area contributed by atoms with Crippen LogP contribution in [0.5, 0.6) is 11.5 Å². The number of benzene rings is 1. The van der Waals surface area contributed by atoms with Crippen LogP contribution in [0.2, 0.25) is 25.7 Å². The van der Waals surface area contributed by atoms with Crippen LogP contribution >= 0.6 is 7.60 Å². The third-order valence-electron chi connectivity index (χ3n) is 6.30. The lowest BCUT2D eigenvalue weighted by Gasteiger charge is -2.21. The minimum Gasteiger partial charge on any atom is -0.496 e. The Morgan fingerprint density at radius 2 is 1.97 bits per heavy atom. The molecule has 0 aromatic heterocycles. The molecule has 1 aromatic rings. The summed E-state index contributed by atoms with van der Waals surface area (Å²) in [5.74, 6) is 0.156. The van der Waals surface area contributed by atoms with E-state index in [-0.39, 0.29) is 31.9 Å². The number of nitrogens with one attached hydrogen (secondary N) is 1. The molecule has 0 saturated heterocycles. The smallest absolute Gasteiger partial charge is 0.342 e. The van der Waals surface area contributed by atoms with E-state index in [9.17, 15) is 19.0 Å². The van der Waals surface area contributed by atoms with Crippen LogP contribution in [0.25, 0.3) is 0 Å². The van der Waals surface area contributed by atoms with E-state index < -0.39 is 27.7 Å². The first-order valence-electron chi connectivity index (χ1n) is 13.3. The molecule has 10 nitrogen and oxygen atoms in total. The van der Waals surface area contributed by atoms with Crippen molar-refractivity contribution in [2.24, 2.45) is 0 Å². The molecule has 1 heterocycles. The Kier molecular flexibility index (Phi) is 12.2. The Morgan fingerprint density at radius 1 is 1.28 bits per heavy atom. The number of carbonyl (C=O) groups is 2. The van der Waals surface area contributed by atoms with Crippen LogP contribution in [-0.2, 0) is 36.4 Å². The predicted octanol–water partition coefficient (Wildman–Crippen LogP) is 4.62. The highest BCUT2D eigenvalue weighted by Gasteiger charge is 2.33. The molecule has 2 unspecified atom stereocenters. The van der Waals surface area contributed by atoms with Crippen molar-refractivity contribution in [1.29, 1.82) is 0 Å². The first-order valence-corrected chi connectivity index (χ1v) is 18.7. The van der Waals surface area contributed by atoms with Crippen LogP contribution in [0.3, 0.4) is 0 Å². The van der Waals surface area contributed by atoms with Gasteiger partial charge in [-0.05, 0) is 45.7 Å². The molecule has 1 aromatic carbocycles. The summed E-state index contributed by atoms with van der Waals surface area (Å²) in [7, 11) is -3.71. The zero-order valence-corrected chi connectivity index (χ0v) is 26.4. The van der Waals surface area contributed by atoms with E-state index in [1.165, 1.54) is 6.92 Å². The highest BCUT2D eigenvalue weighted by molar-refractivity contribution is 7.52. The zero-order valence-electron chi connectivity index (χ0n) is 24.5. The summed E-state index contributed by atoms with van der Waals surface area (Å²) in [5.41, 5.74) is 3.94. The molecule has 2 atom stereocenters. The number of esters is 2. The third kappa shape index (κ3) is 9.75. The lowest BCUT2D eigenvalue weighted by Crippen LogP contribution is -2.25. The molecule has 1 aliphatic heterocycles. The summed E-state index contributed by atoms with van der Waals surface area (Å²) in [4.78, 5) is 34.4. The van der Waals surface area contributed by atoms with E-state index in [0.29, 0.717) is 36.6 Å². The molecule has 0 spiro atoms. The summed E-state index contributed by atoms with van der Waals surface area (Å²) < 4.78 is 39.5. The maximum atomic E-state index is 12.6. The molecule has 1 aliphatic rings. The van der Waals surface area contributed by atoms with Gasteiger partial charge in [-0.15, -0.1) is 0 Å². The second-order valence-corrected chi connectivity index (χ2v) is 18.4. The van der Waals surface area contributed by atoms with E-state index in [1.807, 2.05) is 19.9 Å². The lowest BCUT2D eigenvalue weighted by atomic mass is 9.95. The van der Waals surface area contributed by atoms with Crippen molar-refractivity contribution in [3.63, 3.8) is 0 Å². The fraction of sp³-hybridized carbons (Fsp3) is 0.630. The van der Waals surface area contributed by atoms with Crippen molar-refractivity contribution in [2.45, 2.75) is 72.5 Å². The number of methoxy groups -OCH3 is 1. The minimum atomic E-state index is -3.97. The summed E-state index contributed by atoms with van der Waals surface area (Å²) in [6, 6.07) is 0.947. The third-order valence-corrected chi connectivity index (χ3v) is 9.43. The maximum absolute atomic E-state index is 12.6. The Hall–Kier alpha value is -2.17. The SMILES string of the molecule is CCOC(=O)C(C)OP(=O)(O)CCNC/C(C)=C/Cc1c(OC)c(C)c2c(c1OCC[Si](C)(C)C)C(=O)OC2. The molecule has 0 aliphatic carbocycles. The average Bonchev–Trinajstić information content (AvgIpc) is 3.23. The normalized spacial score (nSPS) is 15.8. The van der Waals surface area contributed by atoms with Gasteiger partial charge in [0, 0.05) is 32.3 Å². The fourth-order valence-corrected chi connectivity index (χ4v) is 5.93.